The summed E-state index contributed by atoms with van der Waals surface area (Å²) in [5, 5.41) is 9.64. The van der Waals surface area contributed by atoms with E-state index in [2.05, 4.69) is 20.8 Å². The maximum Gasteiger partial charge on any atom is 0.0771 e. The lowest BCUT2D eigenvalue weighted by Crippen LogP contribution is -2.48. The number of ether oxygens (including phenoxy) is 1. The summed E-state index contributed by atoms with van der Waals surface area (Å²) < 4.78 is 6.14. The van der Waals surface area contributed by atoms with Gasteiger partial charge in [-0.2, -0.15) is 0 Å². The van der Waals surface area contributed by atoms with Gasteiger partial charge in [0.25, 0.3) is 0 Å². The summed E-state index contributed by atoms with van der Waals surface area (Å²) in [6.45, 7) is 9.27. The molecule has 0 bridgehead atoms. The zero-order valence-corrected chi connectivity index (χ0v) is 11.4. The van der Waals surface area contributed by atoms with Gasteiger partial charge in [0.2, 0.25) is 0 Å². The Hall–Kier alpha value is -0.0800. The molecule has 0 amide bonds. The van der Waals surface area contributed by atoms with Gasteiger partial charge in [-0.15, -0.1) is 0 Å². The second-order valence-electron chi connectivity index (χ2n) is 6.18. The molecule has 1 unspecified atom stereocenters. The van der Waals surface area contributed by atoms with E-state index in [9.17, 15) is 5.11 Å². The van der Waals surface area contributed by atoms with E-state index >= 15 is 0 Å². The van der Waals surface area contributed by atoms with Crippen molar-refractivity contribution in [2.24, 2.45) is 5.41 Å². The largest absolute Gasteiger partial charge is 0.391 e. The van der Waals surface area contributed by atoms with E-state index in [0.717, 1.165) is 19.3 Å². The second kappa shape index (κ2) is 5.50. The molecule has 0 spiro atoms. The summed E-state index contributed by atoms with van der Waals surface area (Å²) in [6.07, 6.45) is 6.62. The molecule has 0 saturated heterocycles. The first-order valence-electron chi connectivity index (χ1n) is 6.73. The second-order valence-corrected chi connectivity index (χ2v) is 6.18. The van der Waals surface area contributed by atoms with E-state index in [0.29, 0.717) is 6.61 Å². The number of aliphatic hydroxyl groups excluding tert-OH is 1. The first kappa shape index (κ1) is 14.0. The monoisotopic (exact) mass is 228 g/mol. The number of rotatable bonds is 4. The third-order valence-corrected chi connectivity index (χ3v) is 4.05. The van der Waals surface area contributed by atoms with Gasteiger partial charge in [0, 0.05) is 0 Å². The molecular formula is C14H28O2. The Labute approximate surface area is 100 Å². The van der Waals surface area contributed by atoms with Crippen molar-refractivity contribution < 1.29 is 9.84 Å². The van der Waals surface area contributed by atoms with Crippen LogP contribution in [0.3, 0.4) is 0 Å². The van der Waals surface area contributed by atoms with Crippen LogP contribution < -0.4 is 0 Å². The molecule has 1 rings (SSSR count). The maximum atomic E-state index is 9.64. The van der Waals surface area contributed by atoms with Crippen LogP contribution in [-0.4, -0.2) is 23.4 Å². The molecule has 1 atom stereocenters. The van der Waals surface area contributed by atoms with Crippen molar-refractivity contribution in [2.75, 3.05) is 6.61 Å². The molecule has 1 saturated carbocycles. The molecule has 1 fully saturated rings. The van der Waals surface area contributed by atoms with E-state index < -0.39 is 0 Å². The van der Waals surface area contributed by atoms with Crippen LogP contribution in [0, 0.1) is 5.41 Å². The van der Waals surface area contributed by atoms with Crippen LogP contribution in [0.25, 0.3) is 0 Å². The lowest BCUT2D eigenvalue weighted by Gasteiger charge is -2.47. The number of hydrogen-bond donors (Lipinski definition) is 1. The fourth-order valence-electron chi connectivity index (χ4n) is 2.61. The fourth-order valence-corrected chi connectivity index (χ4v) is 2.61. The number of hydrogen-bond acceptors (Lipinski definition) is 2. The molecule has 2 nitrogen and oxygen atoms in total. The smallest absolute Gasteiger partial charge is 0.0771 e. The zero-order chi connectivity index (χ0) is 12.2. The van der Waals surface area contributed by atoms with Crippen molar-refractivity contribution in [3.63, 3.8) is 0 Å². The zero-order valence-electron chi connectivity index (χ0n) is 11.4. The third kappa shape index (κ3) is 3.21. The molecule has 2 heteroatoms. The van der Waals surface area contributed by atoms with E-state index in [1.807, 2.05) is 6.92 Å². The van der Waals surface area contributed by atoms with Crippen molar-refractivity contribution in [1.82, 2.24) is 0 Å². The summed E-state index contributed by atoms with van der Waals surface area (Å²) >= 11 is 0. The van der Waals surface area contributed by atoms with Gasteiger partial charge in [0.1, 0.15) is 0 Å². The summed E-state index contributed by atoms with van der Waals surface area (Å²) in [5.74, 6) is 0. The van der Waals surface area contributed by atoms with Gasteiger partial charge in [-0.05, 0) is 24.7 Å². The summed E-state index contributed by atoms with van der Waals surface area (Å²) in [4.78, 5) is 0. The Morgan fingerprint density at radius 1 is 1.19 bits per heavy atom. The van der Waals surface area contributed by atoms with E-state index in [-0.39, 0.29) is 17.1 Å². The van der Waals surface area contributed by atoms with Crippen LogP contribution in [0.2, 0.25) is 0 Å². The van der Waals surface area contributed by atoms with Crippen molar-refractivity contribution in [3.05, 3.63) is 0 Å². The fraction of sp³-hybridized carbons (Fsp3) is 1.00. The molecule has 96 valence electrons. The van der Waals surface area contributed by atoms with Gasteiger partial charge in [-0.3, -0.25) is 0 Å². The molecule has 0 aromatic heterocycles. The highest BCUT2D eigenvalue weighted by atomic mass is 16.5. The lowest BCUT2D eigenvalue weighted by atomic mass is 9.68. The number of aliphatic hydroxyl groups is 1. The molecule has 16 heavy (non-hydrogen) atoms. The maximum absolute atomic E-state index is 9.64. The highest BCUT2D eigenvalue weighted by Crippen LogP contribution is 2.44. The van der Waals surface area contributed by atoms with Gasteiger partial charge < -0.3 is 9.84 Å². The van der Waals surface area contributed by atoms with E-state index in [1.165, 1.54) is 19.3 Å². The van der Waals surface area contributed by atoms with Crippen molar-refractivity contribution in [2.45, 2.75) is 77.9 Å². The van der Waals surface area contributed by atoms with Crippen LogP contribution in [0.4, 0.5) is 0 Å². The minimum absolute atomic E-state index is 0.0125. The van der Waals surface area contributed by atoms with E-state index in [4.69, 9.17) is 4.74 Å². The highest BCUT2D eigenvalue weighted by Gasteiger charge is 2.43. The molecule has 0 aromatic carbocycles. The van der Waals surface area contributed by atoms with Crippen molar-refractivity contribution in [3.8, 4) is 0 Å². The standard InChI is InChI=1S/C14H28O2/c1-5-12(15)11-16-14(13(2,3)4)9-7-6-8-10-14/h12,15H,5-11H2,1-4H3. The average Bonchev–Trinajstić information content (AvgIpc) is 2.25. The van der Waals surface area contributed by atoms with Gasteiger partial charge in [-0.1, -0.05) is 47.0 Å². The minimum atomic E-state index is -0.304. The van der Waals surface area contributed by atoms with Gasteiger partial charge >= 0.3 is 0 Å². The first-order valence-corrected chi connectivity index (χ1v) is 6.73. The van der Waals surface area contributed by atoms with Crippen LogP contribution in [0.1, 0.15) is 66.2 Å². The van der Waals surface area contributed by atoms with Gasteiger partial charge in [-0.25, -0.2) is 0 Å². The van der Waals surface area contributed by atoms with Crippen molar-refractivity contribution >= 4 is 0 Å². The van der Waals surface area contributed by atoms with Crippen LogP contribution in [-0.2, 0) is 4.74 Å². The SMILES string of the molecule is CCC(O)COC1(C(C)(C)C)CCCCC1. The Bertz CT molecular complexity index is 199. The Kier molecular flexibility index (Phi) is 4.81. The van der Waals surface area contributed by atoms with Gasteiger partial charge in [0.05, 0.1) is 18.3 Å². The predicted molar refractivity (Wildman–Crippen MR) is 67.5 cm³/mol. The average molecular weight is 228 g/mol. The molecule has 0 heterocycles. The topological polar surface area (TPSA) is 29.5 Å². The molecule has 1 aliphatic rings. The molecule has 0 radical (unpaired) electrons. The molecule has 1 aliphatic carbocycles. The van der Waals surface area contributed by atoms with Crippen molar-refractivity contribution in [1.29, 1.82) is 0 Å². The quantitative estimate of drug-likeness (QED) is 0.797. The van der Waals surface area contributed by atoms with Gasteiger partial charge in [0.15, 0.2) is 0 Å². The summed E-state index contributed by atoms with van der Waals surface area (Å²) in [6, 6.07) is 0. The Morgan fingerprint density at radius 3 is 2.19 bits per heavy atom. The molecule has 1 N–H and O–H groups in total. The molecule has 0 aromatic rings. The van der Waals surface area contributed by atoms with Crippen LogP contribution in [0.15, 0.2) is 0 Å². The lowest BCUT2D eigenvalue weighted by molar-refractivity contribution is -0.156. The van der Waals surface area contributed by atoms with Crippen LogP contribution >= 0.6 is 0 Å². The molecule has 0 aliphatic heterocycles. The summed E-state index contributed by atoms with van der Waals surface area (Å²) in [5.41, 5.74) is 0.155. The summed E-state index contributed by atoms with van der Waals surface area (Å²) in [7, 11) is 0. The minimum Gasteiger partial charge on any atom is -0.391 e. The van der Waals surface area contributed by atoms with Crippen LogP contribution in [0.5, 0.6) is 0 Å². The Morgan fingerprint density at radius 2 is 1.75 bits per heavy atom. The van der Waals surface area contributed by atoms with E-state index in [1.54, 1.807) is 0 Å². The molecular weight excluding hydrogens is 200 g/mol. The predicted octanol–water partition coefficient (Wildman–Crippen LogP) is 3.52. The normalized spacial score (nSPS) is 23.1. The highest BCUT2D eigenvalue weighted by molar-refractivity contribution is 4.94. The third-order valence-electron chi connectivity index (χ3n) is 4.05. The Balaban J connectivity index is 2.64. The first-order chi connectivity index (χ1) is 7.41.